The predicted molar refractivity (Wildman–Crippen MR) is 80.0 cm³/mol. The van der Waals surface area contributed by atoms with Crippen molar-refractivity contribution in [2.45, 2.75) is 20.3 Å². The molecule has 0 radical (unpaired) electrons. The highest BCUT2D eigenvalue weighted by Gasteiger charge is 2.43. The van der Waals surface area contributed by atoms with E-state index < -0.39 is 35.3 Å². The third kappa shape index (κ3) is 3.31. The normalized spacial score (nSPS) is 20.4. The molecule has 0 spiro atoms. The monoisotopic (exact) mass is 318 g/mol. The molecule has 0 amide bonds. The minimum absolute atomic E-state index is 0.113. The Kier molecular flexibility index (Phi) is 5.26. The van der Waals surface area contributed by atoms with Gasteiger partial charge in [0, 0.05) is 11.1 Å². The predicted octanol–water partition coefficient (Wildman–Crippen LogP) is 1.81. The zero-order valence-corrected chi connectivity index (χ0v) is 13.0. The number of benzene rings is 1. The fourth-order valence-electron chi connectivity index (χ4n) is 2.63. The molecule has 0 heterocycles. The molecule has 2 rings (SSSR count). The van der Waals surface area contributed by atoms with Gasteiger partial charge >= 0.3 is 11.9 Å². The van der Waals surface area contributed by atoms with E-state index in [-0.39, 0.29) is 30.8 Å². The lowest BCUT2D eigenvalue weighted by molar-refractivity contribution is -0.149. The number of ether oxygens (including phenoxy) is 2. The molecule has 0 saturated carbocycles. The van der Waals surface area contributed by atoms with E-state index in [1.54, 1.807) is 26.0 Å². The highest BCUT2D eigenvalue weighted by Crippen LogP contribution is 2.30. The van der Waals surface area contributed by atoms with Crippen molar-refractivity contribution in [3.8, 4) is 0 Å². The lowest BCUT2D eigenvalue weighted by Gasteiger charge is -2.16. The van der Waals surface area contributed by atoms with Gasteiger partial charge in [0.15, 0.2) is 11.6 Å². The molecular weight excluding hydrogens is 300 g/mol. The third-order valence-corrected chi connectivity index (χ3v) is 3.70. The number of carbonyl (C=O) groups excluding carboxylic acids is 4. The molecule has 2 atom stereocenters. The lowest BCUT2D eigenvalue weighted by Crippen LogP contribution is -2.31. The van der Waals surface area contributed by atoms with Crippen molar-refractivity contribution in [2.75, 3.05) is 13.2 Å². The Labute approximate surface area is 133 Å². The van der Waals surface area contributed by atoms with Gasteiger partial charge in [-0.15, -0.1) is 0 Å². The molecular formula is C17H18O6. The van der Waals surface area contributed by atoms with Crippen LogP contribution in [0.4, 0.5) is 0 Å². The minimum Gasteiger partial charge on any atom is -0.465 e. The van der Waals surface area contributed by atoms with Gasteiger partial charge in [-0.1, -0.05) is 24.3 Å². The average molecular weight is 318 g/mol. The summed E-state index contributed by atoms with van der Waals surface area (Å²) < 4.78 is 9.84. The Bertz CT molecular complexity index is 593. The molecule has 122 valence electrons. The first-order chi connectivity index (χ1) is 11.0. The fraction of sp³-hybridized carbons (Fsp3) is 0.412. The fourth-order valence-corrected chi connectivity index (χ4v) is 2.63. The summed E-state index contributed by atoms with van der Waals surface area (Å²) in [7, 11) is 0. The minimum atomic E-state index is -1.18. The smallest absolute Gasteiger partial charge is 0.316 e. The van der Waals surface area contributed by atoms with E-state index in [0.29, 0.717) is 0 Å². The number of hydrogen-bond donors (Lipinski definition) is 0. The first-order valence-electron chi connectivity index (χ1n) is 7.51. The van der Waals surface area contributed by atoms with E-state index in [9.17, 15) is 19.2 Å². The van der Waals surface area contributed by atoms with Gasteiger partial charge in [-0.25, -0.2) is 0 Å². The zero-order chi connectivity index (χ0) is 17.0. The van der Waals surface area contributed by atoms with Crippen LogP contribution in [0.5, 0.6) is 0 Å². The van der Waals surface area contributed by atoms with Crippen molar-refractivity contribution >= 4 is 23.5 Å². The number of esters is 2. The molecule has 0 fully saturated rings. The maximum atomic E-state index is 12.6. The van der Waals surface area contributed by atoms with Crippen molar-refractivity contribution in [2.24, 2.45) is 11.8 Å². The van der Waals surface area contributed by atoms with Crippen LogP contribution in [0, 0.1) is 11.8 Å². The molecule has 23 heavy (non-hydrogen) atoms. The molecule has 0 bridgehead atoms. The van der Waals surface area contributed by atoms with Gasteiger partial charge in [0.2, 0.25) is 0 Å². The summed E-state index contributed by atoms with van der Waals surface area (Å²) in [6, 6.07) is 6.18. The van der Waals surface area contributed by atoms with Gasteiger partial charge in [0.1, 0.15) is 11.8 Å². The van der Waals surface area contributed by atoms with Crippen LogP contribution < -0.4 is 0 Å². The maximum absolute atomic E-state index is 12.6. The van der Waals surface area contributed by atoms with E-state index in [1.165, 1.54) is 12.1 Å². The van der Waals surface area contributed by atoms with E-state index in [4.69, 9.17) is 9.47 Å². The number of fused-ring (bicyclic) bond motifs is 1. The SMILES string of the molecule is CCOC(=O)[C@H]1C[C@@H](C(=O)OCC)C(=O)c2ccccc2C1=O. The Morgan fingerprint density at radius 2 is 1.30 bits per heavy atom. The second kappa shape index (κ2) is 7.17. The number of ketones is 2. The first-order valence-corrected chi connectivity index (χ1v) is 7.51. The van der Waals surface area contributed by atoms with E-state index in [2.05, 4.69) is 0 Å². The van der Waals surface area contributed by atoms with Gasteiger partial charge < -0.3 is 9.47 Å². The summed E-state index contributed by atoms with van der Waals surface area (Å²) in [5, 5.41) is 0. The Balaban J connectivity index is 2.49. The molecule has 1 aliphatic rings. The lowest BCUT2D eigenvalue weighted by atomic mass is 9.91. The summed E-state index contributed by atoms with van der Waals surface area (Å²) in [5.41, 5.74) is 0.282. The Morgan fingerprint density at radius 1 is 0.913 bits per heavy atom. The maximum Gasteiger partial charge on any atom is 0.316 e. The molecule has 0 unspecified atom stereocenters. The second-order valence-corrected chi connectivity index (χ2v) is 5.12. The molecule has 1 aromatic carbocycles. The first kappa shape index (κ1) is 16.9. The van der Waals surface area contributed by atoms with Crippen molar-refractivity contribution in [1.29, 1.82) is 0 Å². The van der Waals surface area contributed by atoms with Crippen molar-refractivity contribution in [3.63, 3.8) is 0 Å². The molecule has 0 saturated heterocycles. The summed E-state index contributed by atoms with van der Waals surface area (Å²) in [5.74, 6) is -4.82. The van der Waals surface area contributed by atoms with E-state index >= 15 is 0 Å². The molecule has 0 N–H and O–H groups in total. The van der Waals surface area contributed by atoms with Crippen molar-refractivity contribution < 1.29 is 28.7 Å². The van der Waals surface area contributed by atoms with Crippen LogP contribution >= 0.6 is 0 Å². The zero-order valence-electron chi connectivity index (χ0n) is 13.0. The van der Waals surface area contributed by atoms with Crippen molar-refractivity contribution in [1.82, 2.24) is 0 Å². The average Bonchev–Trinajstić information content (AvgIpc) is 2.65. The largest absolute Gasteiger partial charge is 0.465 e. The highest BCUT2D eigenvalue weighted by molar-refractivity contribution is 6.20. The summed E-state index contributed by atoms with van der Waals surface area (Å²) in [6.45, 7) is 3.48. The Morgan fingerprint density at radius 3 is 1.65 bits per heavy atom. The van der Waals surface area contributed by atoms with Crippen molar-refractivity contribution in [3.05, 3.63) is 35.4 Å². The highest BCUT2D eigenvalue weighted by atomic mass is 16.5. The number of carbonyl (C=O) groups is 4. The number of rotatable bonds is 4. The summed E-state index contributed by atoms with van der Waals surface area (Å²) >= 11 is 0. The molecule has 6 heteroatoms. The van der Waals surface area contributed by atoms with E-state index in [1.807, 2.05) is 0 Å². The topological polar surface area (TPSA) is 86.7 Å². The summed E-state index contributed by atoms with van der Waals surface area (Å²) in [4.78, 5) is 49.4. The van der Waals surface area contributed by atoms with Crippen LogP contribution in [-0.4, -0.2) is 36.7 Å². The van der Waals surface area contributed by atoms with Gasteiger partial charge in [-0.3, -0.25) is 19.2 Å². The molecule has 1 aromatic rings. The van der Waals surface area contributed by atoms with Crippen LogP contribution in [0.15, 0.2) is 24.3 Å². The van der Waals surface area contributed by atoms with Gasteiger partial charge in [0.25, 0.3) is 0 Å². The molecule has 0 aromatic heterocycles. The number of Topliss-reactive ketones (excluding diaryl/α,β-unsaturated/α-hetero) is 2. The van der Waals surface area contributed by atoms with Crippen LogP contribution in [0.25, 0.3) is 0 Å². The van der Waals surface area contributed by atoms with Gasteiger partial charge in [-0.05, 0) is 20.3 Å². The molecule has 0 aliphatic heterocycles. The van der Waals surface area contributed by atoms with Crippen LogP contribution in [0.2, 0.25) is 0 Å². The molecule has 6 nitrogen and oxygen atoms in total. The summed E-state index contributed by atoms with van der Waals surface area (Å²) in [6.07, 6.45) is -0.232. The Hall–Kier alpha value is -2.50. The van der Waals surface area contributed by atoms with Crippen LogP contribution in [0.1, 0.15) is 41.0 Å². The molecule has 1 aliphatic carbocycles. The quantitative estimate of drug-likeness (QED) is 0.478. The number of hydrogen-bond acceptors (Lipinski definition) is 6. The van der Waals surface area contributed by atoms with Gasteiger partial charge in [0.05, 0.1) is 13.2 Å². The second-order valence-electron chi connectivity index (χ2n) is 5.12. The standard InChI is InChI=1S/C17H18O6/c1-3-22-16(20)12-9-13(17(21)23-4-2)15(19)11-8-6-5-7-10(11)14(12)18/h5-8,12-13H,3-4,9H2,1-2H3/t12-,13+. The van der Waals surface area contributed by atoms with Crippen LogP contribution in [-0.2, 0) is 19.1 Å². The van der Waals surface area contributed by atoms with E-state index in [0.717, 1.165) is 0 Å². The van der Waals surface area contributed by atoms with Crippen LogP contribution in [0.3, 0.4) is 0 Å². The van der Waals surface area contributed by atoms with Gasteiger partial charge in [-0.2, -0.15) is 0 Å². The third-order valence-electron chi connectivity index (χ3n) is 3.70.